The van der Waals surface area contributed by atoms with Gasteiger partial charge in [-0.15, -0.1) is 0 Å². The summed E-state index contributed by atoms with van der Waals surface area (Å²) in [5.74, 6) is 0.555. The molecule has 0 radical (unpaired) electrons. The van der Waals surface area contributed by atoms with Crippen molar-refractivity contribution >= 4 is 17.4 Å². The minimum absolute atomic E-state index is 0.101. The molecule has 3 aromatic rings. The van der Waals surface area contributed by atoms with E-state index in [0.29, 0.717) is 34.9 Å². The third kappa shape index (κ3) is 3.26. The first kappa shape index (κ1) is 16.5. The molecular formula is C20H15ClN2O3. The van der Waals surface area contributed by atoms with Crippen LogP contribution in [0.4, 0.5) is 0 Å². The number of carbonyl (C=O) groups excluding carboxylic acids is 1. The average Bonchev–Trinajstić information content (AvgIpc) is 3.11. The molecule has 1 aromatic heterocycles. The maximum Gasteiger partial charge on any atom is 0.264 e. The number of carbonyl (C=O) groups is 1. The van der Waals surface area contributed by atoms with E-state index in [1.807, 2.05) is 12.1 Å². The predicted molar refractivity (Wildman–Crippen MR) is 98.2 cm³/mol. The first-order chi connectivity index (χ1) is 12.6. The molecule has 2 aromatic carbocycles. The fraction of sp³-hybridized carbons (Fsp3) is 0.150. The van der Waals surface area contributed by atoms with Crippen LogP contribution in [0.25, 0.3) is 0 Å². The Morgan fingerprint density at radius 3 is 2.69 bits per heavy atom. The number of halogens is 1. The third-order valence-electron chi connectivity index (χ3n) is 4.32. The molecule has 0 saturated heterocycles. The van der Waals surface area contributed by atoms with E-state index in [0.717, 1.165) is 23.2 Å². The standard InChI is InChI=1S/C20H15ClN2O3/c21-15-3-1-13(2-4-15)19(25)17-11-12(9-14-7-8-26-20(14)17)10-16-5-6-18(24)23-22-16/h1-6,9,11H,7-8,10H2,(H,23,24). The number of aromatic amines is 1. The molecule has 1 aliphatic rings. The Morgan fingerprint density at radius 2 is 1.96 bits per heavy atom. The highest BCUT2D eigenvalue weighted by Crippen LogP contribution is 2.33. The van der Waals surface area contributed by atoms with Crippen LogP contribution in [-0.2, 0) is 12.8 Å². The van der Waals surface area contributed by atoms with Gasteiger partial charge in [-0.05, 0) is 47.5 Å². The number of aromatic nitrogens is 2. The Balaban J connectivity index is 1.73. The van der Waals surface area contributed by atoms with Gasteiger partial charge in [-0.1, -0.05) is 17.7 Å². The highest BCUT2D eigenvalue weighted by Gasteiger charge is 2.23. The van der Waals surface area contributed by atoms with Crippen molar-refractivity contribution in [2.24, 2.45) is 0 Å². The van der Waals surface area contributed by atoms with Crippen LogP contribution in [-0.4, -0.2) is 22.6 Å². The molecule has 6 heteroatoms. The summed E-state index contributed by atoms with van der Waals surface area (Å²) in [5, 5.41) is 7.06. The number of benzene rings is 2. The van der Waals surface area contributed by atoms with Crippen molar-refractivity contribution in [1.82, 2.24) is 10.2 Å². The number of ketones is 1. The second-order valence-electron chi connectivity index (χ2n) is 6.16. The van der Waals surface area contributed by atoms with E-state index >= 15 is 0 Å². The smallest absolute Gasteiger partial charge is 0.264 e. The quantitative estimate of drug-likeness (QED) is 0.720. The van der Waals surface area contributed by atoms with Crippen molar-refractivity contribution in [3.8, 4) is 5.75 Å². The fourth-order valence-electron chi connectivity index (χ4n) is 3.08. The van der Waals surface area contributed by atoms with E-state index in [-0.39, 0.29) is 11.3 Å². The zero-order chi connectivity index (χ0) is 18.1. The van der Waals surface area contributed by atoms with Crippen LogP contribution < -0.4 is 10.3 Å². The Bertz CT molecular complexity index is 1020. The minimum atomic E-state index is -0.241. The Hall–Kier alpha value is -2.92. The lowest BCUT2D eigenvalue weighted by atomic mass is 9.95. The van der Waals surface area contributed by atoms with Crippen LogP contribution in [0, 0.1) is 0 Å². The molecule has 0 atom stereocenters. The maximum atomic E-state index is 13.0. The molecule has 0 unspecified atom stereocenters. The minimum Gasteiger partial charge on any atom is -0.492 e. The highest BCUT2D eigenvalue weighted by molar-refractivity contribution is 6.30. The van der Waals surface area contributed by atoms with E-state index in [9.17, 15) is 9.59 Å². The van der Waals surface area contributed by atoms with E-state index in [2.05, 4.69) is 10.2 Å². The topological polar surface area (TPSA) is 72.0 Å². The summed E-state index contributed by atoms with van der Waals surface area (Å²) in [4.78, 5) is 24.1. The second kappa shape index (κ2) is 6.77. The average molecular weight is 367 g/mol. The first-order valence-corrected chi connectivity index (χ1v) is 8.61. The van der Waals surface area contributed by atoms with E-state index < -0.39 is 0 Å². The van der Waals surface area contributed by atoms with Crippen LogP contribution in [0.3, 0.4) is 0 Å². The van der Waals surface area contributed by atoms with Gasteiger partial charge in [-0.25, -0.2) is 5.10 Å². The van der Waals surface area contributed by atoms with Gasteiger partial charge < -0.3 is 4.74 Å². The van der Waals surface area contributed by atoms with Gasteiger partial charge >= 0.3 is 0 Å². The lowest BCUT2D eigenvalue weighted by Gasteiger charge is -2.11. The molecule has 0 spiro atoms. The summed E-state index contributed by atoms with van der Waals surface area (Å²) in [5.41, 5.74) is 3.56. The first-order valence-electron chi connectivity index (χ1n) is 8.23. The summed E-state index contributed by atoms with van der Waals surface area (Å²) in [7, 11) is 0. The lowest BCUT2D eigenvalue weighted by Crippen LogP contribution is -2.08. The fourth-order valence-corrected chi connectivity index (χ4v) is 3.21. The van der Waals surface area contributed by atoms with Crippen LogP contribution >= 0.6 is 11.6 Å². The largest absolute Gasteiger partial charge is 0.492 e. The number of rotatable bonds is 4. The maximum absolute atomic E-state index is 13.0. The molecule has 1 N–H and O–H groups in total. The zero-order valence-electron chi connectivity index (χ0n) is 13.8. The molecule has 4 rings (SSSR count). The molecule has 2 heterocycles. The summed E-state index contributed by atoms with van der Waals surface area (Å²) >= 11 is 5.91. The molecule has 0 saturated carbocycles. The van der Waals surface area contributed by atoms with Crippen molar-refractivity contribution in [2.45, 2.75) is 12.8 Å². The molecular weight excluding hydrogens is 352 g/mol. The van der Waals surface area contributed by atoms with Crippen molar-refractivity contribution in [3.63, 3.8) is 0 Å². The van der Waals surface area contributed by atoms with Gasteiger partial charge in [0.05, 0.1) is 17.9 Å². The van der Waals surface area contributed by atoms with Gasteiger partial charge in [0.15, 0.2) is 5.78 Å². The zero-order valence-corrected chi connectivity index (χ0v) is 14.5. The van der Waals surface area contributed by atoms with Gasteiger partial charge in [0, 0.05) is 29.5 Å². The monoisotopic (exact) mass is 366 g/mol. The van der Waals surface area contributed by atoms with E-state index in [4.69, 9.17) is 16.3 Å². The molecule has 26 heavy (non-hydrogen) atoms. The van der Waals surface area contributed by atoms with E-state index in [1.165, 1.54) is 6.07 Å². The number of fused-ring (bicyclic) bond motifs is 1. The molecule has 0 amide bonds. The number of ether oxygens (including phenoxy) is 1. The number of nitrogens with one attached hydrogen (secondary N) is 1. The summed E-state index contributed by atoms with van der Waals surface area (Å²) in [6, 6.07) is 13.8. The summed E-state index contributed by atoms with van der Waals surface area (Å²) in [6.07, 6.45) is 1.29. The van der Waals surface area contributed by atoms with E-state index in [1.54, 1.807) is 30.3 Å². The SMILES string of the molecule is O=C(c1ccc(Cl)cc1)c1cc(Cc2ccc(=O)[nH]n2)cc2c1OCC2. The molecule has 1 aliphatic heterocycles. The van der Waals surface area contributed by atoms with Gasteiger partial charge in [0.1, 0.15) is 5.75 Å². The Kier molecular flexibility index (Phi) is 4.31. The number of hydrogen-bond donors (Lipinski definition) is 1. The van der Waals surface area contributed by atoms with Gasteiger partial charge in [0.2, 0.25) is 0 Å². The highest BCUT2D eigenvalue weighted by atomic mass is 35.5. The van der Waals surface area contributed by atoms with Crippen LogP contribution in [0.1, 0.15) is 32.7 Å². The summed E-state index contributed by atoms with van der Waals surface area (Å²) < 4.78 is 5.71. The Morgan fingerprint density at radius 1 is 1.15 bits per heavy atom. The number of nitrogens with zero attached hydrogens (tertiary/aromatic N) is 1. The normalized spacial score (nSPS) is 12.5. The predicted octanol–water partition coefficient (Wildman–Crippen LogP) is 3.18. The molecule has 130 valence electrons. The molecule has 0 fully saturated rings. The van der Waals surface area contributed by atoms with Crippen molar-refractivity contribution in [3.05, 3.63) is 91.9 Å². The van der Waals surface area contributed by atoms with Crippen molar-refractivity contribution in [2.75, 3.05) is 6.61 Å². The van der Waals surface area contributed by atoms with Crippen LogP contribution in [0.15, 0.2) is 53.3 Å². The van der Waals surface area contributed by atoms with Gasteiger partial charge in [-0.3, -0.25) is 9.59 Å². The van der Waals surface area contributed by atoms with Crippen LogP contribution in [0.5, 0.6) is 5.75 Å². The van der Waals surface area contributed by atoms with Crippen molar-refractivity contribution < 1.29 is 9.53 Å². The van der Waals surface area contributed by atoms with Crippen molar-refractivity contribution in [1.29, 1.82) is 0 Å². The molecule has 0 aliphatic carbocycles. The number of H-pyrrole nitrogens is 1. The second-order valence-corrected chi connectivity index (χ2v) is 6.59. The van der Waals surface area contributed by atoms with Gasteiger partial charge in [-0.2, -0.15) is 5.10 Å². The Labute approximate surface area is 154 Å². The summed E-state index contributed by atoms with van der Waals surface area (Å²) in [6.45, 7) is 0.566. The van der Waals surface area contributed by atoms with Gasteiger partial charge in [0.25, 0.3) is 5.56 Å². The lowest BCUT2D eigenvalue weighted by molar-refractivity contribution is 0.103. The van der Waals surface area contributed by atoms with Crippen LogP contribution in [0.2, 0.25) is 5.02 Å². The molecule has 0 bridgehead atoms. The number of hydrogen-bond acceptors (Lipinski definition) is 4. The molecule has 5 nitrogen and oxygen atoms in total. The third-order valence-corrected chi connectivity index (χ3v) is 4.57.